The van der Waals surface area contributed by atoms with Crippen molar-refractivity contribution in [2.45, 2.75) is 6.92 Å². The summed E-state index contributed by atoms with van der Waals surface area (Å²) in [6.07, 6.45) is 1.77. The molecule has 3 rings (SSSR count). The Balaban J connectivity index is 1.72. The van der Waals surface area contributed by atoms with Crippen LogP contribution in [0.5, 0.6) is 0 Å². The fourth-order valence-corrected chi connectivity index (χ4v) is 3.76. The maximum Gasteiger partial charge on any atom is 0.286 e. The van der Waals surface area contributed by atoms with Gasteiger partial charge in [0.1, 0.15) is 10.6 Å². The van der Waals surface area contributed by atoms with Gasteiger partial charge >= 0.3 is 0 Å². The molecule has 0 fully saturated rings. The predicted molar refractivity (Wildman–Crippen MR) is 103 cm³/mol. The van der Waals surface area contributed by atoms with Crippen LogP contribution in [0.15, 0.2) is 52.4 Å². The largest absolute Gasteiger partial charge is 0.345 e. The zero-order valence-electron chi connectivity index (χ0n) is 13.7. The maximum absolute atomic E-state index is 12.5. The van der Waals surface area contributed by atoms with Crippen molar-refractivity contribution in [1.29, 1.82) is 0 Å². The van der Waals surface area contributed by atoms with Crippen molar-refractivity contribution in [3.05, 3.63) is 68.6 Å². The van der Waals surface area contributed by atoms with Crippen LogP contribution in [0.2, 0.25) is 0 Å². The molecule has 25 heavy (non-hydrogen) atoms. The minimum absolute atomic E-state index is 0.341. The van der Waals surface area contributed by atoms with Crippen LogP contribution in [0, 0.1) is 6.92 Å². The second-order valence-corrected chi connectivity index (χ2v) is 7.42. The molecule has 0 aliphatic carbocycles. The summed E-state index contributed by atoms with van der Waals surface area (Å²) < 4.78 is 2.47. The van der Waals surface area contributed by atoms with Crippen molar-refractivity contribution in [1.82, 2.24) is 15.4 Å². The fourth-order valence-electron chi connectivity index (χ4n) is 2.43. The van der Waals surface area contributed by atoms with Gasteiger partial charge in [-0.3, -0.25) is 20.4 Å². The number of aryl methyl sites for hydroxylation is 2. The molecule has 0 saturated carbocycles. The van der Waals surface area contributed by atoms with Crippen molar-refractivity contribution in [3.8, 4) is 11.1 Å². The summed E-state index contributed by atoms with van der Waals surface area (Å²) in [4.78, 5) is 25.2. The second kappa shape index (κ2) is 7.25. The molecule has 0 aliphatic rings. The summed E-state index contributed by atoms with van der Waals surface area (Å²) in [5, 5.41) is 1.86. The zero-order chi connectivity index (χ0) is 18.0. The third kappa shape index (κ3) is 3.83. The molecule has 2 heterocycles. The molecule has 0 saturated heterocycles. The number of hydrogen-bond acceptors (Lipinski definition) is 3. The maximum atomic E-state index is 12.5. The molecule has 0 atom stereocenters. The molecule has 0 bridgehead atoms. The molecule has 0 spiro atoms. The Bertz CT molecular complexity index is 928. The molecule has 2 amide bonds. The number of carbonyl (C=O) groups is 2. The van der Waals surface area contributed by atoms with Crippen LogP contribution in [-0.4, -0.2) is 16.4 Å². The highest BCUT2D eigenvalue weighted by atomic mass is 79.9. The lowest BCUT2D eigenvalue weighted by molar-refractivity contribution is 0.0844. The Hall–Kier alpha value is -2.38. The summed E-state index contributed by atoms with van der Waals surface area (Å²) in [5.41, 5.74) is 8.35. The van der Waals surface area contributed by atoms with E-state index < -0.39 is 0 Å². The average Bonchev–Trinajstić information content (AvgIpc) is 3.19. The van der Waals surface area contributed by atoms with Crippen molar-refractivity contribution in [2.24, 2.45) is 7.05 Å². The normalized spacial score (nSPS) is 10.5. The summed E-state index contributed by atoms with van der Waals surface area (Å²) in [6.45, 7) is 2.02. The SMILES string of the molecule is Cc1ccc(-c2ccsc2C(=O)NNC(=O)c2cc(Br)cn2C)cc1. The molecule has 0 aliphatic heterocycles. The molecule has 3 aromatic rings. The quantitative estimate of drug-likeness (QED) is 0.634. The van der Waals surface area contributed by atoms with E-state index in [2.05, 4.69) is 26.8 Å². The van der Waals surface area contributed by atoms with Gasteiger partial charge in [0.25, 0.3) is 11.8 Å². The third-order valence-corrected chi connectivity index (χ3v) is 5.07. The molecule has 2 N–H and O–H groups in total. The third-order valence-electron chi connectivity index (χ3n) is 3.73. The van der Waals surface area contributed by atoms with Gasteiger partial charge in [-0.25, -0.2) is 0 Å². The Labute approximate surface area is 157 Å². The van der Waals surface area contributed by atoms with Gasteiger partial charge < -0.3 is 4.57 Å². The van der Waals surface area contributed by atoms with Crippen molar-refractivity contribution >= 4 is 39.1 Å². The molecule has 0 unspecified atom stereocenters. The predicted octanol–water partition coefficient (Wildman–Crippen LogP) is 3.90. The van der Waals surface area contributed by atoms with Gasteiger partial charge in [-0.05, 0) is 45.9 Å². The lowest BCUT2D eigenvalue weighted by Gasteiger charge is -2.09. The highest BCUT2D eigenvalue weighted by molar-refractivity contribution is 9.10. The summed E-state index contributed by atoms with van der Waals surface area (Å²) in [5.74, 6) is -0.720. The van der Waals surface area contributed by atoms with E-state index in [9.17, 15) is 9.59 Å². The topological polar surface area (TPSA) is 63.1 Å². The van der Waals surface area contributed by atoms with Gasteiger partial charge in [-0.2, -0.15) is 0 Å². The number of benzene rings is 1. The molecule has 7 heteroatoms. The molecule has 1 aromatic carbocycles. The number of hydrazine groups is 1. The van der Waals surface area contributed by atoms with Crippen LogP contribution in [-0.2, 0) is 7.05 Å². The smallest absolute Gasteiger partial charge is 0.286 e. The molecule has 2 aromatic heterocycles. The standard InChI is InChI=1S/C18H16BrN3O2S/c1-11-3-5-12(6-4-11)14-7-8-25-16(14)18(24)21-20-17(23)15-9-13(19)10-22(15)2/h3-10H,1-2H3,(H,20,23)(H,21,24). The van der Waals surface area contributed by atoms with E-state index in [1.165, 1.54) is 11.3 Å². The lowest BCUT2D eigenvalue weighted by atomic mass is 10.1. The number of thiophene rings is 1. The van der Waals surface area contributed by atoms with E-state index >= 15 is 0 Å². The van der Waals surface area contributed by atoms with Crippen LogP contribution in [0.25, 0.3) is 11.1 Å². The van der Waals surface area contributed by atoms with Gasteiger partial charge in [0.05, 0.1) is 0 Å². The minimum Gasteiger partial charge on any atom is -0.345 e. The van der Waals surface area contributed by atoms with Gasteiger partial charge in [-0.15, -0.1) is 11.3 Å². The number of aromatic nitrogens is 1. The summed E-state index contributed by atoms with van der Waals surface area (Å²) in [7, 11) is 1.76. The fraction of sp³-hybridized carbons (Fsp3) is 0.111. The number of amides is 2. The average molecular weight is 418 g/mol. The monoisotopic (exact) mass is 417 g/mol. The van der Waals surface area contributed by atoms with Crippen LogP contribution >= 0.6 is 27.3 Å². The van der Waals surface area contributed by atoms with E-state index in [0.29, 0.717) is 10.6 Å². The highest BCUT2D eigenvalue weighted by Crippen LogP contribution is 2.28. The van der Waals surface area contributed by atoms with Crippen LogP contribution in [0.4, 0.5) is 0 Å². The molecule has 128 valence electrons. The number of carbonyl (C=O) groups excluding carboxylic acids is 2. The highest BCUT2D eigenvalue weighted by Gasteiger charge is 2.17. The lowest BCUT2D eigenvalue weighted by Crippen LogP contribution is -2.42. The first-order chi connectivity index (χ1) is 12.0. The first kappa shape index (κ1) is 17.4. The Morgan fingerprint density at radius 3 is 2.40 bits per heavy atom. The number of rotatable bonds is 3. The summed E-state index contributed by atoms with van der Waals surface area (Å²) in [6, 6.07) is 11.6. The van der Waals surface area contributed by atoms with Crippen LogP contribution < -0.4 is 10.9 Å². The molecule has 5 nitrogen and oxygen atoms in total. The zero-order valence-corrected chi connectivity index (χ0v) is 16.1. The van der Waals surface area contributed by atoms with Gasteiger partial charge in [0.2, 0.25) is 0 Å². The van der Waals surface area contributed by atoms with Crippen molar-refractivity contribution in [2.75, 3.05) is 0 Å². The first-order valence-corrected chi connectivity index (χ1v) is 9.20. The molecule has 0 radical (unpaired) electrons. The van der Waals surface area contributed by atoms with Gasteiger partial charge in [-0.1, -0.05) is 29.8 Å². The minimum atomic E-state index is -0.380. The molecular weight excluding hydrogens is 402 g/mol. The Morgan fingerprint density at radius 1 is 1.08 bits per heavy atom. The Kier molecular flexibility index (Phi) is 5.06. The van der Waals surface area contributed by atoms with Crippen molar-refractivity contribution in [3.63, 3.8) is 0 Å². The number of hydrogen-bond donors (Lipinski definition) is 2. The summed E-state index contributed by atoms with van der Waals surface area (Å²) >= 11 is 4.65. The van der Waals surface area contributed by atoms with E-state index in [-0.39, 0.29) is 11.8 Å². The van der Waals surface area contributed by atoms with Gasteiger partial charge in [0.15, 0.2) is 0 Å². The molecular formula is C18H16BrN3O2S. The Morgan fingerprint density at radius 2 is 1.76 bits per heavy atom. The number of nitrogens with zero attached hydrogens (tertiary/aromatic N) is 1. The van der Waals surface area contributed by atoms with E-state index in [0.717, 1.165) is 21.2 Å². The van der Waals surface area contributed by atoms with E-state index in [1.54, 1.807) is 23.9 Å². The first-order valence-electron chi connectivity index (χ1n) is 7.53. The van der Waals surface area contributed by atoms with Crippen molar-refractivity contribution < 1.29 is 9.59 Å². The van der Waals surface area contributed by atoms with Crippen LogP contribution in [0.1, 0.15) is 25.7 Å². The van der Waals surface area contributed by atoms with Crippen LogP contribution in [0.3, 0.4) is 0 Å². The van der Waals surface area contributed by atoms with E-state index in [4.69, 9.17) is 0 Å². The number of nitrogens with one attached hydrogen (secondary N) is 2. The van der Waals surface area contributed by atoms with Gasteiger partial charge in [0, 0.05) is 23.3 Å². The second-order valence-electron chi connectivity index (χ2n) is 5.59. The number of halogens is 1. The van der Waals surface area contributed by atoms with E-state index in [1.807, 2.05) is 42.6 Å².